The van der Waals surface area contributed by atoms with Crippen molar-refractivity contribution >= 4 is 18.1 Å². The summed E-state index contributed by atoms with van der Waals surface area (Å²) in [4.78, 5) is 0. The number of nitrogens with one attached hydrogen (secondary N) is 1. The van der Waals surface area contributed by atoms with Crippen LogP contribution in [0.5, 0.6) is 0 Å². The Kier molecular flexibility index (Phi) is 4.97. The van der Waals surface area contributed by atoms with Crippen LogP contribution in [0.3, 0.4) is 0 Å². The zero-order chi connectivity index (χ0) is 11.4. The van der Waals surface area contributed by atoms with E-state index in [4.69, 9.17) is 0 Å². The van der Waals surface area contributed by atoms with Crippen LogP contribution in [0.4, 0.5) is 10.1 Å². The number of nitrogens with zero attached hydrogens (tertiary/aromatic N) is 2. The number of rotatable bonds is 4. The number of hydrogen-bond donors (Lipinski definition) is 1. The van der Waals surface area contributed by atoms with Crippen LogP contribution in [0.2, 0.25) is 0 Å². The van der Waals surface area contributed by atoms with Crippen molar-refractivity contribution in [3.05, 3.63) is 48.0 Å². The molecule has 0 aliphatic rings. The summed E-state index contributed by atoms with van der Waals surface area (Å²) in [5.41, 5.74) is 1.87. The third-order valence-electron chi connectivity index (χ3n) is 2.34. The molecule has 0 saturated carbocycles. The molecule has 0 fully saturated rings. The Hall–Kier alpha value is -1.55. The average molecular weight is 256 g/mol. The molecular formula is C12H15ClFN3. The maximum atomic E-state index is 12.9. The summed E-state index contributed by atoms with van der Waals surface area (Å²) in [7, 11) is 0. The first-order valence-electron chi connectivity index (χ1n) is 5.28. The molecule has 3 nitrogen and oxygen atoms in total. The lowest BCUT2D eigenvalue weighted by Crippen LogP contribution is -1.99. The number of benzene rings is 1. The van der Waals surface area contributed by atoms with Crippen LogP contribution in [0.25, 0.3) is 0 Å². The van der Waals surface area contributed by atoms with Gasteiger partial charge in [-0.15, -0.1) is 12.4 Å². The first kappa shape index (κ1) is 13.5. The summed E-state index contributed by atoms with van der Waals surface area (Å²) >= 11 is 0. The summed E-state index contributed by atoms with van der Waals surface area (Å²) in [6.07, 6.45) is 3.70. The van der Waals surface area contributed by atoms with Crippen LogP contribution >= 0.6 is 12.4 Å². The predicted octanol–water partition coefficient (Wildman–Crippen LogP) is 3.08. The van der Waals surface area contributed by atoms with Gasteiger partial charge in [0.2, 0.25) is 0 Å². The van der Waals surface area contributed by atoms with Gasteiger partial charge in [-0.2, -0.15) is 5.10 Å². The van der Waals surface area contributed by atoms with Gasteiger partial charge in [0.15, 0.2) is 0 Å². The maximum Gasteiger partial charge on any atom is 0.123 e. The topological polar surface area (TPSA) is 29.9 Å². The molecule has 0 amide bonds. The van der Waals surface area contributed by atoms with Gasteiger partial charge in [0.05, 0.1) is 11.9 Å². The van der Waals surface area contributed by atoms with Gasteiger partial charge in [-0.1, -0.05) is 12.1 Å². The second kappa shape index (κ2) is 6.25. The Bertz CT molecular complexity index is 470. The third-order valence-corrected chi connectivity index (χ3v) is 2.34. The van der Waals surface area contributed by atoms with Crippen LogP contribution in [0.1, 0.15) is 12.5 Å². The van der Waals surface area contributed by atoms with Crippen LogP contribution in [-0.2, 0) is 13.1 Å². The van der Waals surface area contributed by atoms with E-state index in [2.05, 4.69) is 10.4 Å². The number of aromatic nitrogens is 2. The van der Waals surface area contributed by atoms with E-state index in [9.17, 15) is 4.39 Å². The Morgan fingerprint density at radius 3 is 2.88 bits per heavy atom. The van der Waals surface area contributed by atoms with Crippen LogP contribution in [0, 0.1) is 5.82 Å². The van der Waals surface area contributed by atoms with E-state index >= 15 is 0 Å². The maximum absolute atomic E-state index is 12.9. The van der Waals surface area contributed by atoms with Crippen LogP contribution in [0.15, 0.2) is 36.7 Å². The Morgan fingerprint density at radius 1 is 1.41 bits per heavy atom. The van der Waals surface area contributed by atoms with Crippen molar-refractivity contribution in [2.24, 2.45) is 0 Å². The van der Waals surface area contributed by atoms with Crippen molar-refractivity contribution in [1.29, 1.82) is 0 Å². The molecule has 0 saturated heterocycles. The highest BCUT2D eigenvalue weighted by Crippen LogP contribution is 2.09. The number of halogens is 2. The monoisotopic (exact) mass is 255 g/mol. The Balaban J connectivity index is 0.00000144. The molecule has 92 valence electrons. The van der Waals surface area contributed by atoms with Crippen LogP contribution in [-0.4, -0.2) is 9.78 Å². The lowest BCUT2D eigenvalue weighted by molar-refractivity contribution is 0.626. The van der Waals surface area contributed by atoms with Crippen molar-refractivity contribution in [3.63, 3.8) is 0 Å². The second-order valence-electron chi connectivity index (χ2n) is 3.57. The minimum Gasteiger partial charge on any atom is -0.378 e. The van der Waals surface area contributed by atoms with Gasteiger partial charge in [-0.3, -0.25) is 4.68 Å². The van der Waals surface area contributed by atoms with Crippen molar-refractivity contribution in [2.75, 3.05) is 5.32 Å². The Morgan fingerprint density at radius 2 is 2.24 bits per heavy atom. The molecule has 0 aliphatic carbocycles. The smallest absolute Gasteiger partial charge is 0.123 e. The number of anilines is 1. The van der Waals surface area contributed by atoms with Gasteiger partial charge >= 0.3 is 0 Å². The molecular weight excluding hydrogens is 241 g/mol. The minimum atomic E-state index is -0.205. The minimum absolute atomic E-state index is 0. The zero-order valence-corrected chi connectivity index (χ0v) is 10.4. The Labute approximate surface area is 106 Å². The number of aryl methyl sites for hydroxylation is 1. The SMILES string of the molecule is CCn1cc(NCc2cccc(F)c2)cn1.Cl. The van der Waals surface area contributed by atoms with E-state index in [1.165, 1.54) is 12.1 Å². The molecule has 1 N–H and O–H groups in total. The molecule has 0 unspecified atom stereocenters. The molecule has 0 spiro atoms. The third kappa shape index (κ3) is 3.75. The zero-order valence-electron chi connectivity index (χ0n) is 9.56. The average Bonchev–Trinajstić information content (AvgIpc) is 2.74. The fourth-order valence-corrected chi connectivity index (χ4v) is 1.48. The summed E-state index contributed by atoms with van der Waals surface area (Å²) in [5.74, 6) is -0.205. The molecule has 0 aliphatic heterocycles. The molecule has 1 aromatic carbocycles. The van der Waals surface area contributed by atoms with Gasteiger partial charge in [-0.25, -0.2) is 4.39 Å². The van der Waals surface area contributed by atoms with Gasteiger partial charge in [0.1, 0.15) is 5.82 Å². The molecule has 0 radical (unpaired) electrons. The van der Waals surface area contributed by atoms with Gasteiger partial charge in [0.25, 0.3) is 0 Å². The lowest BCUT2D eigenvalue weighted by Gasteiger charge is -2.03. The fraction of sp³-hybridized carbons (Fsp3) is 0.250. The van der Waals surface area contributed by atoms with Gasteiger partial charge in [0, 0.05) is 19.3 Å². The van der Waals surface area contributed by atoms with Crippen molar-refractivity contribution in [3.8, 4) is 0 Å². The summed E-state index contributed by atoms with van der Waals surface area (Å²) < 4.78 is 14.7. The summed E-state index contributed by atoms with van der Waals surface area (Å²) in [6.45, 7) is 3.48. The standard InChI is InChI=1S/C12H14FN3.ClH/c1-2-16-9-12(8-15-16)14-7-10-4-3-5-11(13)6-10;/h3-6,8-9,14H,2,7H2,1H3;1H. The van der Waals surface area contributed by atoms with Crippen molar-refractivity contribution in [1.82, 2.24) is 9.78 Å². The highest BCUT2D eigenvalue weighted by Gasteiger charge is 1.98. The van der Waals surface area contributed by atoms with Crippen molar-refractivity contribution in [2.45, 2.75) is 20.0 Å². The molecule has 17 heavy (non-hydrogen) atoms. The molecule has 1 heterocycles. The van der Waals surface area contributed by atoms with Crippen molar-refractivity contribution < 1.29 is 4.39 Å². The lowest BCUT2D eigenvalue weighted by atomic mass is 10.2. The highest BCUT2D eigenvalue weighted by atomic mass is 35.5. The molecule has 1 aromatic heterocycles. The van der Waals surface area contributed by atoms with E-state index in [0.717, 1.165) is 17.8 Å². The molecule has 2 rings (SSSR count). The predicted molar refractivity (Wildman–Crippen MR) is 68.9 cm³/mol. The largest absolute Gasteiger partial charge is 0.378 e. The second-order valence-corrected chi connectivity index (χ2v) is 3.57. The molecule has 5 heteroatoms. The van der Waals surface area contributed by atoms with Gasteiger partial charge in [-0.05, 0) is 24.6 Å². The number of hydrogen-bond acceptors (Lipinski definition) is 2. The van der Waals surface area contributed by atoms with E-state index in [1.807, 2.05) is 23.9 Å². The van der Waals surface area contributed by atoms with Gasteiger partial charge < -0.3 is 5.32 Å². The summed E-state index contributed by atoms with van der Waals surface area (Å²) in [6, 6.07) is 6.57. The summed E-state index contributed by atoms with van der Waals surface area (Å²) in [5, 5.41) is 7.34. The molecule has 2 aromatic rings. The van der Waals surface area contributed by atoms with Crippen LogP contribution < -0.4 is 5.32 Å². The van der Waals surface area contributed by atoms with E-state index < -0.39 is 0 Å². The normalized spacial score (nSPS) is 9.76. The first-order valence-corrected chi connectivity index (χ1v) is 5.28. The van der Waals surface area contributed by atoms with E-state index in [-0.39, 0.29) is 18.2 Å². The molecule has 0 atom stereocenters. The first-order chi connectivity index (χ1) is 7.78. The van der Waals surface area contributed by atoms with E-state index in [0.29, 0.717) is 6.54 Å². The quantitative estimate of drug-likeness (QED) is 0.910. The van der Waals surface area contributed by atoms with E-state index in [1.54, 1.807) is 12.3 Å². The fourth-order valence-electron chi connectivity index (χ4n) is 1.48. The molecule has 0 bridgehead atoms. The highest BCUT2D eigenvalue weighted by molar-refractivity contribution is 5.85.